The van der Waals surface area contributed by atoms with Crippen molar-refractivity contribution in [2.45, 2.75) is 44.2 Å². The lowest BCUT2D eigenvalue weighted by atomic mass is 10.1. The molecule has 7 heteroatoms. The summed E-state index contributed by atoms with van der Waals surface area (Å²) in [5, 5.41) is 1.92. The summed E-state index contributed by atoms with van der Waals surface area (Å²) in [6, 6.07) is 8.85. The Morgan fingerprint density at radius 3 is 2.83 bits per heavy atom. The van der Waals surface area contributed by atoms with Crippen LogP contribution < -0.4 is 9.62 Å². The highest BCUT2D eigenvalue weighted by atomic mass is 32.2. The smallest absolute Gasteiger partial charge is 0.240 e. The number of fused-ring (bicyclic) bond motifs is 1. The van der Waals surface area contributed by atoms with Crippen LogP contribution in [0.4, 0.5) is 5.69 Å². The Labute approximate surface area is 146 Å². The van der Waals surface area contributed by atoms with E-state index in [0.29, 0.717) is 12.8 Å². The lowest BCUT2D eigenvalue weighted by molar-refractivity contribution is -0.118. The maximum Gasteiger partial charge on any atom is 0.240 e. The van der Waals surface area contributed by atoms with E-state index in [1.165, 1.54) is 11.3 Å². The van der Waals surface area contributed by atoms with Crippen molar-refractivity contribution in [3.05, 3.63) is 46.2 Å². The molecule has 0 aliphatic carbocycles. The first-order valence-corrected chi connectivity index (χ1v) is 10.3. The SMILES string of the molecule is CCC(=O)N1c2ccc(S(=O)(=O)NCc3cccs3)cc2C[C@H]1C. The largest absolute Gasteiger partial charge is 0.309 e. The van der Waals surface area contributed by atoms with E-state index in [1.54, 1.807) is 23.1 Å². The average molecular weight is 364 g/mol. The Balaban J connectivity index is 1.84. The van der Waals surface area contributed by atoms with Crippen LogP contribution in [0.2, 0.25) is 0 Å². The number of anilines is 1. The highest BCUT2D eigenvalue weighted by Gasteiger charge is 2.31. The summed E-state index contributed by atoms with van der Waals surface area (Å²) >= 11 is 1.51. The second-order valence-electron chi connectivity index (χ2n) is 5.86. The maximum atomic E-state index is 12.5. The molecular weight excluding hydrogens is 344 g/mol. The molecule has 1 amide bonds. The molecule has 1 aliphatic heterocycles. The van der Waals surface area contributed by atoms with Crippen LogP contribution >= 0.6 is 11.3 Å². The highest BCUT2D eigenvalue weighted by Crippen LogP contribution is 2.34. The van der Waals surface area contributed by atoms with Crippen LogP contribution in [0.15, 0.2) is 40.6 Å². The monoisotopic (exact) mass is 364 g/mol. The fourth-order valence-electron chi connectivity index (χ4n) is 2.99. The molecule has 0 saturated heterocycles. The van der Waals surface area contributed by atoms with Crippen molar-refractivity contribution < 1.29 is 13.2 Å². The minimum Gasteiger partial charge on any atom is -0.309 e. The van der Waals surface area contributed by atoms with E-state index < -0.39 is 10.0 Å². The number of amides is 1. The third kappa shape index (κ3) is 3.24. The summed E-state index contributed by atoms with van der Waals surface area (Å²) in [5.41, 5.74) is 1.73. The molecule has 0 spiro atoms. The molecule has 2 aromatic rings. The molecule has 0 bridgehead atoms. The van der Waals surface area contributed by atoms with Gasteiger partial charge in [-0.05, 0) is 48.6 Å². The zero-order valence-corrected chi connectivity index (χ0v) is 15.3. The number of carbonyl (C=O) groups excluding carboxylic acids is 1. The van der Waals surface area contributed by atoms with Gasteiger partial charge in [0.05, 0.1) is 4.90 Å². The molecule has 24 heavy (non-hydrogen) atoms. The van der Waals surface area contributed by atoms with Gasteiger partial charge in [-0.15, -0.1) is 11.3 Å². The second-order valence-corrected chi connectivity index (χ2v) is 8.66. The van der Waals surface area contributed by atoms with Gasteiger partial charge in [-0.1, -0.05) is 13.0 Å². The lowest BCUT2D eigenvalue weighted by Crippen LogP contribution is -2.35. The van der Waals surface area contributed by atoms with E-state index in [4.69, 9.17) is 0 Å². The van der Waals surface area contributed by atoms with E-state index in [0.717, 1.165) is 16.1 Å². The molecule has 2 heterocycles. The van der Waals surface area contributed by atoms with Crippen LogP contribution in [0.5, 0.6) is 0 Å². The van der Waals surface area contributed by atoms with Gasteiger partial charge in [0.1, 0.15) is 0 Å². The van der Waals surface area contributed by atoms with Crippen molar-refractivity contribution in [1.82, 2.24) is 4.72 Å². The molecule has 0 radical (unpaired) electrons. The van der Waals surface area contributed by atoms with Crippen LogP contribution in [0.1, 0.15) is 30.7 Å². The van der Waals surface area contributed by atoms with Crippen LogP contribution in [0.3, 0.4) is 0 Å². The molecule has 1 aromatic heterocycles. The van der Waals surface area contributed by atoms with Crippen LogP contribution in [0.25, 0.3) is 0 Å². The number of rotatable bonds is 5. The molecule has 5 nitrogen and oxygen atoms in total. The number of sulfonamides is 1. The van der Waals surface area contributed by atoms with E-state index >= 15 is 0 Å². The zero-order valence-electron chi connectivity index (χ0n) is 13.7. The first kappa shape index (κ1) is 17.1. The van der Waals surface area contributed by atoms with Crippen molar-refractivity contribution in [3.63, 3.8) is 0 Å². The van der Waals surface area contributed by atoms with E-state index in [2.05, 4.69) is 4.72 Å². The number of nitrogens with zero attached hydrogens (tertiary/aromatic N) is 1. The second kappa shape index (κ2) is 6.66. The minimum atomic E-state index is -3.57. The van der Waals surface area contributed by atoms with Crippen molar-refractivity contribution in [3.8, 4) is 0 Å². The molecule has 1 atom stereocenters. The van der Waals surface area contributed by atoms with Gasteiger partial charge in [0, 0.05) is 29.6 Å². The van der Waals surface area contributed by atoms with Gasteiger partial charge < -0.3 is 4.90 Å². The molecule has 128 valence electrons. The van der Waals surface area contributed by atoms with Gasteiger partial charge in [0.2, 0.25) is 15.9 Å². The van der Waals surface area contributed by atoms with Crippen molar-refractivity contribution in [2.75, 3.05) is 4.90 Å². The van der Waals surface area contributed by atoms with Gasteiger partial charge in [-0.2, -0.15) is 0 Å². The Hall–Kier alpha value is -1.70. The summed E-state index contributed by atoms with van der Waals surface area (Å²) in [5.74, 6) is 0.0627. The Kier molecular flexibility index (Phi) is 4.76. The van der Waals surface area contributed by atoms with Crippen molar-refractivity contribution in [2.24, 2.45) is 0 Å². The molecule has 1 aromatic carbocycles. The van der Waals surface area contributed by atoms with E-state index in [1.807, 2.05) is 31.4 Å². The maximum absolute atomic E-state index is 12.5. The van der Waals surface area contributed by atoms with Gasteiger partial charge in [-0.25, -0.2) is 13.1 Å². The Bertz CT molecular complexity index is 845. The fourth-order valence-corrected chi connectivity index (χ4v) is 4.78. The molecular formula is C17H20N2O3S2. The quantitative estimate of drug-likeness (QED) is 0.887. The molecule has 1 N–H and O–H groups in total. The number of nitrogens with one attached hydrogen (secondary N) is 1. The molecule has 0 saturated carbocycles. The third-order valence-corrected chi connectivity index (χ3v) is 6.44. The normalized spacial score (nSPS) is 17.1. The van der Waals surface area contributed by atoms with Crippen LogP contribution in [0, 0.1) is 0 Å². The van der Waals surface area contributed by atoms with Crippen LogP contribution in [-0.2, 0) is 27.8 Å². The predicted octanol–water partition coefficient (Wildman–Crippen LogP) is 2.91. The first-order chi connectivity index (χ1) is 11.4. The number of benzene rings is 1. The minimum absolute atomic E-state index is 0.0597. The summed E-state index contributed by atoms with van der Waals surface area (Å²) in [6.07, 6.45) is 1.11. The standard InChI is InChI=1S/C17H20N2O3S2/c1-3-17(20)19-12(2)9-13-10-15(6-7-16(13)19)24(21,22)18-11-14-5-4-8-23-14/h4-8,10,12,18H,3,9,11H2,1-2H3/t12-/m1/s1. The third-order valence-electron chi connectivity index (χ3n) is 4.16. The van der Waals surface area contributed by atoms with Gasteiger partial charge in [0.15, 0.2) is 0 Å². The highest BCUT2D eigenvalue weighted by molar-refractivity contribution is 7.89. The topological polar surface area (TPSA) is 66.5 Å². The van der Waals surface area contributed by atoms with Gasteiger partial charge in [-0.3, -0.25) is 4.79 Å². The molecule has 0 fully saturated rings. The number of carbonyl (C=O) groups is 1. The molecule has 0 unspecified atom stereocenters. The Morgan fingerprint density at radius 1 is 1.38 bits per heavy atom. The van der Waals surface area contributed by atoms with Crippen LogP contribution in [-0.4, -0.2) is 20.4 Å². The zero-order chi connectivity index (χ0) is 17.3. The van der Waals surface area contributed by atoms with Crippen molar-refractivity contribution in [1.29, 1.82) is 0 Å². The van der Waals surface area contributed by atoms with Gasteiger partial charge in [0.25, 0.3) is 0 Å². The predicted molar refractivity (Wildman–Crippen MR) is 95.7 cm³/mol. The summed E-state index contributed by atoms with van der Waals surface area (Å²) in [7, 11) is -3.57. The van der Waals surface area contributed by atoms with Gasteiger partial charge >= 0.3 is 0 Å². The van der Waals surface area contributed by atoms with E-state index in [-0.39, 0.29) is 23.4 Å². The van der Waals surface area contributed by atoms with E-state index in [9.17, 15) is 13.2 Å². The van der Waals surface area contributed by atoms with Crippen molar-refractivity contribution >= 4 is 33.0 Å². The fraction of sp³-hybridized carbons (Fsp3) is 0.353. The first-order valence-electron chi connectivity index (χ1n) is 7.89. The molecule has 3 rings (SSSR count). The lowest BCUT2D eigenvalue weighted by Gasteiger charge is -2.22. The number of thiophene rings is 1. The Morgan fingerprint density at radius 2 is 2.17 bits per heavy atom. The summed E-state index contributed by atoms with van der Waals surface area (Å²) in [6.45, 7) is 4.10. The average Bonchev–Trinajstić information content (AvgIpc) is 3.18. The number of hydrogen-bond donors (Lipinski definition) is 1. The summed E-state index contributed by atoms with van der Waals surface area (Å²) in [4.78, 5) is 15.1. The number of hydrogen-bond acceptors (Lipinski definition) is 4. The molecule has 1 aliphatic rings. The summed E-state index contributed by atoms with van der Waals surface area (Å²) < 4.78 is 27.6.